The van der Waals surface area contributed by atoms with Crippen LogP contribution in [0.25, 0.3) is 0 Å². The lowest BCUT2D eigenvalue weighted by atomic mass is 10.2. The molecule has 0 bridgehead atoms. The molecule has 0 atom stereocenters. The molecule has 0 unspecified atom stereocenters. The molecule has 0 spiro atoms. The molecule has 0 amide bonds. The van der Waals surface area contributed by atoms with E-state index in [4.69, 9.17) is 15.2 Å². The van der Waals surface area contributed by atoms with Crippen LogP contribution in [0.2, 0.25) is 0 Å². The van der Waals surface area contributed by atoms with E-state index in [0.717, 1.165) is 10.0 Å². The first kappa shape index (κ1) is 10.3. The normalized spacial score (nSPS) is 10.1. The van der Waals surface area contributed by atoms with Crippen LogP contribution in [0, 0.1) is 0 Å². The van der Waals surface area contributed by atoms with Crippen LogP contribution in [-0.4, -0.2) is 14.2 Å². The summed E-state index contributed by atoms with van der Waals surface area (Å²) in [6, 6.07) is 3.77. The van der Waals surface area contributed by atoms with E-state index in [1.165, 1.54) is 0 Å². The maximum atomic E-state index is 5.75. The summed E-state index contributed by atoms with van der Waals surface area (Å²) >= 11 is 3.37. The molecule has 0 heterocycles. The lowest BCUT2D eigenvalue weighted by molar-refractivity contribution is 0.185. The van der Waals surface area contributed by atoms with Gasteiger partial charge in [0.05, 0.1) is 23.9 Å². The van der Waals surface area contributed by atoms with Gasteiger partial charge in [0, 0.05) is 7.11 Å². The number of halogens is 1. The first-order valence-corrected chi connectivity index (χ1v) is 4.59. The SMILES string of the molecule is COCc1cc(N)c(OC)c(Br)c1. The average molecular weight is 246 g/mol. The van der Waals surface area contributed by atoms with Gasteiger partial charge in [-0.1, -0.05) is 0 Å². The average Bonchev–Trinajstić information content (AvgIpc) is 2.04. The van der Waals surface area contributed by atoms with Crippen molar-refractivity contribution in [2.45, 2.75) is 6.61 Å². The Kier molecular flexibility index (Phi) is 3.57. The van der Waals surface area contributed by atoms with Crippen molar-refractivity contribution in [2.75, 3.05) is 20.0 Å². The Morgan fingerprint density at radius 1 is 1.38 bits per heavy atom. The number of ether oxygens (including phenoxy) is 2. The molecular formula is C9H12BrNO2. The predicted octanol–water partition coefficient (Wildman–Crippen LogP) is 2.19. The fourth-order valence-corrected chi connectivity index (χ4v) is 1.82. The molecule has 0 aliphatic heterocycles. The molecule has 72 valence electrons. The van der Waals surface area contributed by atoms with E-state index in [9.17, 15) is 0 Å². The standard InChI is InChI=1S/C9H12BrNO2/c1-12-5-6-3-7(10)9(13-2)8(11)4-6/h3-4H,5,11H2,1-2H3. The second-order valence-electron chi connectivity index (χ2n) is 2.63. The van der Waals surface area contributed by atoms with Crippen molar-refractivity contribution in [3.8, 4) is 5.75 Å². The van der Waals surface area contributed by atoms with Crippen LogP contribution < -0.4 is 10.5 Å². The van der Waals surface area contributed by atoms with E-state index in [-0.39, 0.29) is 0 Å². The topological polar surface area (TPSA) is 44.5 Å². The molecule has 0 aliphatic carbocycles. The minimum Gasteiger partial charge on any atom is -0.493 e. The van der Waals surface area contributed by atoms with Crippen molar-refractivity contribution in [1.29, 1.82) is 0 Å². The van der Waals surface area contributed by atoms with Crippen molar-refractivity contribution in [3.05, 3.63) is 22.2 Å². The van der Waals surface area contributed by atoms with Gasteiger partial charge in [0.15, 0.2) is 5.75 Å². The van der Waals surface area contributed by atoms with Gasteiger partial charge in [0.1, 0.15) is 0 Å². The van der Waals surface area contributed by atoms with E-state index >= 15 is 0 Å². The molecule has 1 rings (SSSR count). The van der Waals surface area contributed by atoms with Crippen molar-refractivity contribution in [2.24, 2.45) is 0 Å². The molecule has 2 N–H and O–H groups in total. The second kappa shape index (κ2) is 4.48. The summed E-state index contributed by atoms with van der Waals surface area (Å²) in [6.07, 6.45) is 0. The minimum atomic E-state index is 0.548. The summed E-state index contributed by atoms with van der Waals surface area (Å²) in [4.78, 5) is 0. The summed E-state index contributed by atoms with van der Waals surface area (Å²) in [5, 5.41) is 0. The monoisotopic (exact) mass is 245 g/mol. The number of nitrogen functional groups attached to an aromatic ring is 1. The Morgan fingerprint density at radius 3 is 2.54 bits per heavy atom. The van der Waals surface area contributed by atoms with Crippen molar-refractivity contribution in [1.82, 2.24) is 0 Å². The largest absolute Gasteiger partial charge is 0.493 e. The van der Waals surface area contributed by atoms with E-state index in [2.05, 4.69) is 15.9 Å². The number of anilines is 1. The van der Waals surface area contributed by atoms with E-state index < -0.39 is 0 Å². The zero-order chi connectivity index (χ0) is 9.84. The highest BCUT2D eigenvalue weighted by Crippen LogP contribution is 2.32. The van der Waals surface area contributed by atoms with Gasteiger partial charge in [0.25, 0.3) is 0 Å². The number of rotatable bonds is 3. The highest BCUT2D eigenvalue weighted by Gasteiger charge is 2.06. The molecule has 0 radical (unpaired) electrons. The van der Waals surface area contributed by atoms with Crippen LogP contribution >= 0.6 is 15.9 Å². The lowest BCUT2D eigenvalue weighted by Crippen LogP contribution is -1.96. The van der Waals surface area contributed by atoms with Crippen LogP contribution in [0.4, 0.5) is 5.69 Å². The molecule has 13 heavy (non-hydrogen) atoms. The third-order valence-electron chi connectivity index (χ3n) is 1.65. The quantitative estimate of drug-likeness (QED) is 0.831. The van der Waals surface area contributed by atoms with Gasteiger partial charge in [-0.15, -0.1) is 0 Å². The van der Waals surface area contributed by atoms with Crippen LogP contribution in [0.3, 0.4) is 0 Å². The zero-order valence-electron chi connectivity index (χ0n) is 7.63. The number of benzene rings is 1. The van der Waals surface area contributed by atoms with Crippen molar-refractivity contribution >= 4 is 21.6 Å². The van der Waals surface area contributed by atoms with Gasteiger partial charge in [-0.05, 0) is 33.6 Å². The summed E-state index contributed by atoms with van der Waals surface area (Å²) in [6.45, 7) is 0.548. The third-order valence-corrected chi connectivity index (χ3v) is 2.24. The molecule has 3 nitrogen and oxygen atoms in total. The third kappa shape index (κ3) is 2.35. The fourth-order valence-electron chi connectivity index (χ4n) is 1.14. The smallest absolute Gasteiger partial charge is 0.155 e. The Bertz CT molecular complexity index is 279. The van der Waals surface area contributed by atoms with E-state index in [0.29, 0.717) is 18.0 Å². The van der Waals surface area contributed by atoms with Gasteiger partial charge in [-0.2, -0.15) is 0 Å². The number of hydrogen-bond donors (Lipinski definition) is 1. The highest BCUT2D eigenvalue weighted by atomic mass is 79.9. The molecule has 0 aromatic heterocycles. The Labute approximate surface area is 86.0 Å². The predicted molar refractivity (Wildman–Crippen MR) is 55.8 cm³/mol. The summed E-state index contributed by atoms with van der Waals surface area (Å²) in [5.74, 6) is 0.667. The Morgan fingerprint density at radius 2 is 2.08 bits per heavy atom. The molecule has 0 saturated carbocycles. The molecule has 1 aromatic carbocycles. The first-order chi connectivity index (χ1) is 6.19. The zero-order valence-corrected chi connectivity index (χ0v) is 9.22. The Hall–Kier alpha value is -0.740. The number of nitrogens with two attached hydrogens (primary N) is 1. The second-order valence-corrected chi connectivity index (χ2v) is 3.49. The van der Waals surface area contributed by atoms with Gasteiger partial charge in [-0.25, -0.2) is 0 Å². The molecule has 0 fully saturated rings. The highest BCUT2D eigenvalue weighted by molar-refractivity contribution is 9.10. The lowest BCUT2D eigenvalue weighted by Gasteiger charge is -2.09. The van der Waals surface area contributed by atoms with Crippen LogP contribution in [0.5, 0.6) is 5.75 Å². The summed E-state index contributed by atoms with van der Waals surface area (Å²) in [5.41, 5.74) is 7.39. The molecule has 4 heteroatoms. The van der Waals surface area contributed by atoms with Crippen molar-refractivity contribution < 1.29 is 9.47 Å². The summed E-state index contributed by atoms with van der Waals surface area (Å²) in [7, 11) is 3.24. The minimum absolute atomic E-state index is 0.548. The number of hydrogen-bond acceptors (Lipinski definition) is 3. The maximum Gasteiger partial charge on any atom is 0.155 e. The first-order valence-electron chi connectivity index (χ1n) is 3.80. The maximum absolute atomic E-state index is 5.75. The van der Waals surface area contributed by atoms with E-state index in [1.54, 1.807) is 14.2 Å². The number of methoxy groups -OCH3 is 2. The Balaban J connectivity index is 3.05. The van der Waals surface area contributed by atoms with Gasteiger partial charge < -0.3 is 15.2 Å². The molecule has 1 aromatic rings. The van der Waals surface area contributed by atoms with Crippen LogP contribution in [-0.2, 0) is 11.3 Å². The van der Waals surface area contributed by atoms with Gasteiger partial charge in [0.2, 0.25) is 0 Å². The molecule has 0 aliphatic rings. The molecule has 0 saturated heterocycles. The van der Waals surface area contributed by atoms with Crippen LogP contribution in [0.15, 0.2) is 16.6 Å². The van der Waals surface area contributed by atoms with Crippen molar-refractivity contribution in [3.63, 3.8) is 0 Å². The summed E-state index contributed by atoms with van der Waals surface area (Å²) < 4.78 is 10.9. The van der Waals surface area contributed by atoms with E-state index in [1.807, 2.05) is 12.1 Å². The fraction of sp³-hybridized carbons (Fsp3) is 0.333. The molecular weight excluding hydrogens is 234 g/mol. The van der Waals surface area contributed by atoms with Gasteiger partial charge in [-0.3, -0.25) is 0 Å². The van der Waals surface area contributed by atoms with Gasteiger partial charge >= 0.3 is 0 Å². The van der Waals surface area contributed by atoms with Crippen LogP contribution in [0.1, 0.15) is 5.56 Å².